The van der Waals surface area contributed by atoms with Gasteiger partial charge in [0.05, 0.1) is 0 Å². The third kappa shape index (κ3) is 1.95. The lowest BCUT2D eigenvalue weighted by Crippen LogP contribution is -2.14. The zero-order valence-corrected chi connectivity index (χ0v) is 8.46. The minimum atomic E-state index is -0.125. The molecular formula is C12H16FN. The van der Waals surface area contributed by atoms with Crippen LogP contribution in [-0.2, 0) is 0 Å². The molecule has 2 rings (SSSR count). The summed E-state index contributed by atoms with van der Waals surface area (Å²) in [7, 11) is 0. The quantitative estimate of drug-likeness (QED) is 0.729. The lowest BCUT2D eigenvalue weighted by atomic mass is 9.96. The number of aryl methyl sites for hydroxylation is 1. The van der Waals surface area contributed by atoms with Crippen LogP contribution >= 0.6 is 0 Å². The molecule has 0 amide bonds. The van der Waals surface area contributed by atoms with Gasteiger partial charge in [-0.3, -0.25) is 0 Å². The van der Waals surface area contributed by atoms with Gasteiger partial charge >= 0.3 is 0 Å². The highest BCUT2D eigenvalue weighted by Gasteiger charge is 2.23. The number of nitrogens with two attached hydrogens (primary N) is 1. The van der Waals surface area contributed by atoms with Gasteiger partial charge in [-0.2, -0.15) is 0 Å². The Morgan fingerprint density at radius 3 is 2.64 bits per heavy atom. The lowest BCUT2D eigenvalue weighted by molar-refractivity contribution is 0.615. The summed E-state index contributed by atoms with van der Waals surface area (Å²) in [6, 6.07) is 5.60. The summed E-state index contributed by atoms with van der Waals surface area (Å²) in [5.74, 6) is 0.347. The summed E-state index contributed by atoms with van der Waals surface area (Å²) >= 11 is 0. The minimum absolute atomic E-state index is 0.125. The molecule has 2 heteroatoms. The molecule has 1 saturated carbocycles. The summed E-state index contributed by atoms with van der Waals surface area (Å²) in [4.78, 5) is 0. The fourth-order valence-electron chi connectivity index (χ4n) is 2.32. The van der Waals surface area contributed by atoms with E-state index in [4.69, 9.17) is 5.73 Å². The maximum absolute atomic E-state index is 13.1. The van der Waals surface area contributed by atoms with Crippen LogP contribution in [0.1, 0.15) is 36.3 Å². The molecule has 2 N–H and O–H groups in total. The van der Waals surface area contributed by atoms with Gasteiger partial charge in [-0.05, 0) is 55.4 Å². The Balaban J connectivity index is 2.23. The largest absolute Gasteiger partial charge is 0.328 e. The summed E-state index contributed by atoms with van der Waals surface area (Å²) in [5, 5.41) is 0. The molecule has 1 aromatic carbocycles. The Morgan fingerprint density at radius 2 is 2.07 bits per heavy atom. The van der Waals surface area contributed by atoms with E-state index < -0.39 is 0 Å². The van der Waals surface area contributed by atoms with Gasteiger partial charge in [0.15, 0.2) is 0 Å². The lowest BCUT2D eigenvalue weighted by Gasteiger charge is -2.10. The molecule has 2 atom stereocenters. The van der Waals surface area contributed by atoms with Crippen LogP contribution < -0.4 is 5.73 Å². The molecule has 2 unspecified atom stereocenters. The van der Waals surface area contributed by atoms with E-state index in [9.17, 15) is 4.39 Å². The third-order valence-electron chi connectivity index (χ3n) is 3.01. The highest BCUT2D eigenvalue weighted by Crippen LogP contribution is 2.34. The van der Waals surface area contributed by atoms with Crippen molar-refractivity contribution >= 4 is 0 Å². The van der Waals surface area contributed by atoms with Crippen LogP contribution in [0.5, 0.6) is 0 Å². The minimum Gasteiger partial charge on any atom is -0.328 e. The smallest absolute Gasteiger partial charge is 0.123 e. The van der Waals surface area contributed by atoms with Gasteiger partial charge in [-0.25, -0.2) is 4.39 Å². The molecule has 0 aromatic heterocycles. The predicted molar refractivity (Wildman–Crippen MR) is 55.7 cm³/mol. The first-order valence-corrected chi connectivity index (χ1v) is 5.18. The van der Waals surface area contributed by atoms with Crippen molar-refractivity contribution < 1.29 is 4.39 Å². The molecule has 0 spiro atoms. The van der Waals surface area contributed by atoms with Crippen molar-refractivity contribution in [1.82, 2.24) is 0 Å². The maximum atomic E-state index is 13.1. The summed E-state index contributed by atoms with van der Waals surface area (Å²) in [6.45, 7) is 1.93. The second-order valence-electron chi connectivity index (χ2n) is 4.33. The van der Waals surface area contributed by atoms with Crippen molar-refractivity contribution in [2.75, 3.05) is 0 Å². The second kappa shape index (κ2) is 3.70. The molecule has 1 aliphatic carbocycles. The van der Waals surface area contributed by atoms with Gasteiger partial charge in [0.1, 0.15) is 5.82 Å². The Hall–Kier alpha value is -0.890. The van der Waals surface area contributed by atoms with E-state index in [1.165, 1.54) is 0 Å². The third-order valence-corrected chi connectivity index (χ3v) is 3.01. The molecule has 0 aliphatic heterocycles. The predicted octanol–water partition coefficient (Wildman–Crippen LogP) is 2.73. The Bertz CT molecular complexity index is 315. The number of hydrogen-bond donors (Lipinski definition) is 1. The molecule has 0 bridgehead atoms. The van der Waals surface area contributed by atoms with E-state index in [1.807, 2.05) is 6.92 Å². The fraction of sp³-hybridized carbons (Fsp3) is 0.500. The molecule has 0 heterocycles. The summed E-state index contributed by atoms with van der Waals surface area (Å²) < 4.78 is 13.1. The van der Waals surface area contributed by atoms with Crippen molar-refractivity contribution in [2.45, 2.75) is 38.1 Å². The normalized spacial score (nSPS) is 26.8. The molecular weight excluding hydrogens is 177 g/mol. The van der Waals surface area contributed by atoms with Gasteiger partial charge in [0.2, 0.25) is 0 Å². The summed E-state index contributed by atoms with van der Waals surface area (Å²) in [5.41, 5.74) is 7.97. The van der Waals surface area contributed by atoms with Crippen molar-refractivity contribution in [3.05, 3.63) is 35.1 Å². The maximum Gasteiger partial charge on any atom is 0.123 e. The zero-order valence-electron chi connectivity index (χ0n) is 8.46. The highest BCUT2D eigenvalue weighted by molar-refractivity contribution is 5.27. The van der Waals surface area contributed by atoms with E-state index in [0.717, 1.165) is 30.4 Å². The molecule has 76 valence electrons. The molecule has 1 aliphatic rings. The summed E-state index contributed by atoms with van der Waals surface area (Å²) in [6.07, 6.45) is 3.17. The molecule has 1 fully saturated rings. The first kappa shape index (κ1) is 9.66. The molecule has 0 saturated heterocycles. The Morgan fingerprint density at radius 1 is 1.29 bits per heavy atom. The van der Waals surface area contributed by atoms with Crippen molar-refractivity contribution in [1.29, 1.82) is 0 Å². The second-order valence-corrected chi connectivity index (χ2v) is 4.33. The number of hydrogen-bond acceptors (Lipinski definition) is 1. The van der Waals surface area contributed by atoms with Gasteiger partial charge in [-0.1, -0.05) is 6.07 Å². The van der Waals surface area contributed by atoms with Crippen LogP contribution in [0.3, 0.4) is 0 Å². The number of benzene rings is 1. The standard InChI is InChI=1S/C12H16FN/c1-8-4-10(6-11(13)5-8)9-2-3-12(14)7-9/h4-6,9,12H,2-3,7,14H2,1H3. The van der Waals surface area contributed by atoms with Crippen molar-refractivity contribution in [3.8, 4) is 0 Å². The van der Waals surface area contributed by atoms with Crippen LogP contribution in [-0.4, -0.2) is 6.04 Å². The Kier molecular flexibility index (Phi) is 2.55. The fourth-order valence-corrected chi connectivity index (χ4v) is 2.32. The van der Waals surface area contributed by atoms with Crippen LogP contribution in [0.25, 0.3) is 0 Å². The highest BCUT2D eigenvalue weighted by atomic mass is 19.1. The number of halogens is 1. The van der Waals surface area contributed by atoms with Gasteiger partial charge in [0, 0.05) is 6.04 Å². The van der Waals surface area contributed by atoms with Gasteiger partial charge in [-0.15, -0.1) is 0 Å². The van der Waals surface area contributed by atoms with E-state index in [0.29, 0.717) is 12.0 Å². The number of rotatable bonds is 1. The van der Waals surface area contributed by atoms with Gasteiger partial charge in [0.25, 0.3) is 0 Å². The van der Waals surface area contributed by atoms with Gasteiger partial charge < -0.3 is 5.73 Å². The Labute approximate surface area is 84.1 Å². The van der Waals surface area contributed by atoms with E-state index in [-0.39, 0.29) is 5.82 Å². The van der Waals surface area contributed by atoms with E-state index >= 15 is 0 Å². The average Bonchev–Trinajstić information content (AvgIpc) is 2.50. The molecule has 0 radical (unpaired) electrons. The van der Waals surface area contributed by atoms with Crippen LogP contribution in [0.4, 0.5) is 4.39 Å². The van der Waals surface area contributed by atoms with Crippen LogP contribution in [0, 0.1) is 12.7 Å². The zero-order chi connectivity index (χ0) is 10.1. The van der Waals surface area contributed by atoms with Crippen molar-refractivity contribution in [2.24, 2.45) is 5.73 Å². The van der Waals surface area contributed by atoms with Crippen molar-refractivity contribution in [3.63, 3.8) is 0 Å². The van der Waals surface area contributed by atoms with Crippen LogP contribution in [0.2, 0.25) is 0 Å². The molecule has 1 nitrogen and oxygen atoms in total. The van der Waals surface area contributed by atoms with Crippen LogP contribution in [0.15, 0.2) is 18.2 Å². The molecule has 1 aromatic rings. The first-order valence-electron chi connectivity index (χ1n) is 5.18. The van der Waals surface area contributed by atoms with E-state index in [2.05, 4.69) is 6.07 Å². The average molecular weight is 193 g/mol. The monoisotopic (exact) mass is 193 g/mol. The topological polar surface area (TPSA) is 26.0 Å². The van der Waals surface area contributed by atoms with E-state index in [1.54, 1.807) is 12.1 Å². The first-order chi connectivity index (χ1) is 6.65. The SMILES string of the molecule is Cc1cc(F)cc(C2CCC(N)C2)c1. The molecule has 14 heavy (non-hydrogen) atoms.